The van der Waals surface area contributed by atoms with E-state index in [0.717, 1.165) is 28.1 Å². The molecule has 3 aliphatic rings. The minimum Gasteiger partial charge on any atom is -0.497 e. The largest absolute Gasteiger partial charge is 0.497 e. The number of likely N-dealkylation sites (N-methyl/N-ethyl adjacent to an activating group) is 1. The highest BCUT2D eigenvalue weighted by atomic mass is 33.1. The predicted molar refractivity (Wildman–Crippen MR) is 159 cm³/mol. The van der Waals surface area contributed by atoms with Gasteiger partial charge in [-0.15, -0.1) is 0 Å². The molecule has 9 heteroatoms. The zero-order valence-corrected chi connectivity index (χ0v) is 24.6. The monoisotopic (exact) mass is 577 g/mol. The molecule has 0 bridgehead atoms. The number of anilines is 1. The second-order valence-corrected chi connectivity index (χ2v) is 13.9. The Bertz CT molecular complexity index is 1470. The molecule has 0 saturated carbocycles. The lowest BCUT2D eigenvalue weighted by atomic mass is 9.73. The summed E-state index contributed by atoms with van der Waals surface area (Å²) in [5, 5.41) is 3.67. The van der Waals surface area contributed by atoms with Gasteiger partial charge in [-0.1, -0.05) is 64.1 Å². The second kappa shape index (κ2) is 9.73. The Labute approximate surface area is 242 Å². The number of hydrogen-bond acceptors (Lipinski definition) is 6. The van der Waals surface area contributed by atoms with Crippen LogP contribution in [-0.4, -0.2) is 52.3 Å². The Balaban J connectivity index is 1.44. The van der Waals surface area contributed by atoms with E-state index in [-0.39, 0.29) is 17.6 Å². The number of methoxy groups -OCH3 is 1. The van der Waals surface area contributed by atoms with E-state index in [0.29, 0.717) is 18.6 Å². The summed E-state index contributed by atoms with van der Waals surface area (Å²) in [7, 11) is 6.37. The number of nitrogens with one attached hydrogen (secondary N) is 1. The molecular formula is C31H32FN3O3S2. The molecule has 3 aromatic rings. The summed E-state index contributed by atoms with van der Waals surface area (Å²) in [6, 6.07) is 22.6. The molecule has 3 aliphatic heterocycles. The fourth-order valence-corrected chi connectivity index (χ4v) is 9.53. The normalized spacial score (nSPS) is 26.3. The Morgan fingerprint density at radius 2 is 1.65 bits per heavy atom. The molecule has 6 nitrogen and oxygen atoms in total. The maximum Gasteiger partial charge on any atom is 0.260 e. The summed E-state index contributed by atoms with van der Waals surface area (Å²) >= 11 is 0. The van der Waals surface area contributed by atoms with Crippen LogP contribution < -0.4 is 10.1 Å². The molecule has 0 unspecified atom stereocenters. The van der Waals surface area contributed by atoms with Crippen molar-refractivity contribution in [3.8, 4) is 5.75 Å². The van der Waals surface area contributed by atoms with Gasteiger partial charge in [-0.3, -0.25) is 14.5 Å². The molecule has 3 atom stereocenters. The molecule has 2 amide bonds. The van der Waals surface area contributed by atoms with Crippen molar-refractivity contribution < 1.29 is 18.7 Å². The molecule has 0 aliphatic carbocycles. The number of halogens is 1. The van der Waals surface area contributed by atoms with Crippen LogP contribution in [0.15, 0.2) is 72.8 Å². The number of piperazine rings is 1. The summed E-state index contributed by atoms with van der Waals surface area (Å²) in [5.74, 6) is 0.930. The van der Waals surface area contributed by atoms with Crippen LogP contribution in [0.3, 0.4) is 0 Å². The van der Waals surface area contributed by atoms with Gasteiger partial charge >= 0.3 is 0 Å². The van der Waals surface area contributed by atoms with E-state index in [2.05, 4.69) is 29.6 Å². The lowest BCUT2D eigenvalue weighted by molar-refractivity contribution is -0.167. The molecule has 3 heterocycles. The SMILES string of the molecule is COc1ccc(C[C@]23C[C@]4(SSCc5ccc(F)cc5)C(=O)N(C)C(C)(C)C(=O)N4[C@H]2Nc2ccccc23)cc1. The molecule has 0 spiro atoms. The van der Waals surface area contributed by atoms with E-state index in [1.165, 1.54) is 33.7 Å². The van der Waals surface area contributed by atoms with Crippen molar-refractivity contribution in [1.29, 1.82) is 0 Å². The van der Waals surface area contributed by atoms with Gasteiger partial charge < -0.3 is 15.0 Å². The maximum absolute atomic E-state index is 14.4. The first-order valence-corrected chi connectivity index (χ1v) is 15.6. The molecule has 2 saturated heterocycles. The Morgan fingerprint density at radius 1 is 0.975 bits per heavy atom. The number of rotatable bonds is 7. The van der Waals surface area contributed by atoms with Crippen molar-refractivity contribution in [3.63, 3.8) is 0 Å². The predicted octanol–water partition coefficient (Wildman–Crippen LogP) is 5.83. The number of carbonyl (C=O) groups is 2. The third kappa shape index (κ3) is 4.00. The quantitative estimate of drug-likeness (QED) is 0.357. The number of carbonyl (C=O) groups excluding carboxylic acids is 2. The van der Waals surface area contributed by atoms with Crippen molar-refractivity contribution >= 4 is 39.1 Å². The number of hydrogen-bond donors (Lipinski definition) is 1. The topological polar surface area (TPSA) is 61.9 Å². The minimum atomic E-state index is -1.11. The molecular weight excluding hydrogens is 545 g/mol. The Morgan fingerprint density at radius 3 is 2.35 bits per heavy atom. The third-order valence-electron chi connectivity index (χ3n) is 8.72. The van der Waals surface area contributed by atoms with Gasteiger partial charge in [0.25, 0.3) is 11.8 Å². The Hall–Kier alpha value is -3.17. The second-order valence-electron chi connectivity index (χ2n) is 11.3. The van der Waals surface area contributed by atoms with Crippen LogP contribution in [0.5, 0.6) is 5.75 Å². The first-order valence-electron chi connectivity index (χ1n) is 13.3. The van der Waals surface area contributed by atoms with E-state index >= 15 is 0 Å². The molecule has 6 rings (SSSR count). The highest BCUT2D eigenvalue weighted by Gasteiger charge is 2.72. The van der Waals surface area contributed by atoms with Crippen molar-refractivity contribution in [3.05, 3.63) is 95.3 Å². The zero-order valence-electron chi connectivity index (χ0n) is 22.9. The molecule has 2 fully saturated rings. The number of nitrogens with zero attached hydrogens (tertiary/aromatic N) is 2. The van der Waals surface area contributed by atoms with Crippen LogP contribution in [-0.2, 0) is 27.2 Å². The van der Waals surface area contributed by atoms with E-state index in [4.69, 9.17) is 4.74 Å². The lowest BCUT2D eigenvalue weighted by Crippen LogP contribution is -2.72. The number of benzene rings is 3. The summed E-state index contributed by atoms with van der Waals surface area (Å²) in [4.78, 5) is 31.1. The number of fused-ring (bicyclic) bond motifs is 5. The Kier molecular flexibility index (Phi) is 6.57. The smallest absolute Gasteiger partial charge is 0.260 e. The summed E-state index contributed by atoms with van der Waals surface area (Å²) in [5.41, 5.74) is 2.66. The van der Waals surface area contributed by atoms with Crippen LogP contribution >= 0.6 is 21.6 Å². The fourth-order valence-electron chi connectivity index (χ4n) is 6.36. The highest BCUT2D eigenvalue weighted by Crippen LogP contribution is 2.63. The minimum absolute atomic E-state index is 0.0727. The molecule has 3 aromatic carbocycles. The third-order valence-corrected chi connectivity index (χ3v) is 11.6. The van der Waals surface area contributed by atoms with E-state index in [1.54, 1.807) is 31.2 Å². The molecule has 0 radical (unpaired) electrons. The zero-order chi connectivity index (χ0) is 28.3. The van der Waals surface area contributed by atoms with Gasteiger partial charge in [-0.05, 0) is 67.3 Å². The highest BCUT2D eigenvalue weighted by molar-refractivity contribution is 8.77. The van der Waals surface area contributed by atoms with E-state index in [9.17, 15) is 14.0 Å². The van der Waals surface area contributed by atoms with E-state index < -0.39 is 22.0 Å². The summed E-state index contributed by atoms with van der Waals surface area (Å²) in [6.45, 7) is 3.64. The fraction of sp³-hybridized carbons (Fsp3) is 0.355. The van der Waals surface area contributed by atoms with Gasteiger partial charge in [0.15, 0.2) is 4.87 Å². The molecule has 208 valence electrons. The van der Waals surface area contributed by atoms with Crippen molar-refractivity contribution in [1.82, 2.24) is 9.80 Å². The van der Waals surface area contributed by atoms with Gasteiger partial charge in [0, 0.05) is 30.3 Å². The van der Waals surface area contributed by atoms with Gasteiger partial charge in [-0.25, -0.2) is 4.39 Å². The standard InChI is InChI=1S/C31H32FN3O3S2/c1-29(2)27(36)35-26-30(24-7-5-6-8-25(24)33-26,17-20-11-15-23(38-4)16-12-20)19-31(35,28(37)34(29)3)40-39-18-21-9-13-22(32)14-10-21/h5-16,26,33H,17-19H2,1-4H3/t26-,30-,31+/m1/s1. The van der Waals surface area contributed by atoms with Gasteiger partial charge in [-0.2, -0.15) is 0 Å². The maximum atomic E-state index is 14.4. The van der Waals surface area contributed by atoms with Crippen LogP contribution in [0.25, 0.3) is 0 Å². The van der Waals surface area contributed by atoms with Crippen molar-refractivity contribution in [2.24, 2.45) is 0 Å². The molecule has 40 heavy (non-hydrogen) atoms. The summed E-state index contributed by atoms with van der Waals surface area (Å²) < 4.78 is 18.9. The average molecular weight is 578 g/mol. The molecule has 0 aromatic heterocycles. The van der Waals surface area contributed by atoms with Crippen molar-refractivity contribution in [2.75, 3.05) is 19.5 Å². The van der Waals surface area contributed by atoms with Crippen LogP contribution in [0, 0.1) is 5.82 Å². The molecule has 1 N–H and O–H groups in total. The van der Waals surface area contributed by atoms with E-state index in [1.807, 2.05) is 43.0 Å². The van der Waals surface area contributed by atoms with Crippen LogP contribution in [0.2, 0.25) is 0 Å². The van der Waals surface area contributed by atoms with Gasteiger partial charge in [0.1, 0.15) is 23.3 Å². The first kappa shape index (κ1) is 27.0. The first-order chi connectivity index (χ1) is 19.1. The average Bonchev–Trinajstić information content (AvgIpc) is 3.40. The van der Waals surface area contributed by atoms with Gasteiger partial charge in [0.2, 0.25) is 0 Å². The number of ether oxygens (including phenoxy) is 1. The number of para-hydroxylation sites is 1. The number of amides is 2. The van der Waals surface area contributed by atoms with Crippen LogP contribution in [0.4, 0.5) is 10.1 Å². The van der Waals surface area contributed by atoms with Crippen LogP contribution in [0.1, 0.15) is 37.0 Å². The summed E-state index contributed by atoms with van der Waals surface area (Å²) in [6.07, 6.45) is 0.722. The van der Waals surface area contributed by atoms with Gasteiger partial charge in [0.05, 0.1) is 7.11 Å². The lowest BCUT2D eigenvalue weighted by Gasteiger charge is -2.52. The van der Waals surface area contributed by atoms with Crippen molar-refractivity contribution in [2.45, 2.75) is 54.4 Å².